The Hall–Kier alpha value is -2.13. The molecule has 3 aromatic rings. The van der Waals surface area contributed by atoms with E-state index in [0.29, 0.717) is 0 Å². The summed E-state index contributed by atoms with van der Waals surface area (Å²) >= 11 is 1.73. The molecule has 2 nitrogen and oxygen atoms in total. The number of nitrogens with one attached hydrogen (secondary N) is 1. The fourth-order valence-electron chi connectivity index (χ4n) is 2.31. The van der Waals surface area contributed by atoms with E-state index >= 15 is 0 Å². The zero-order valence-corrected chi connectivity index (χ0v) is 13.1. The minimum Gasteiger partial charge on any atom is -0.332 e. The van der Waals surface area contributed by atoms with E-state index < -0.39 is 0 Å². The van der Waals surface area contributed by atoms with Crippen LogP contribution in [0.1, 0.15) is 17.4 Å². The second-order valence-electron chi connectivity index (χ2n) is 5.00. The van der Waals surface area contributed by atoms with Crippen LogP contribution in [0.5, 0.6) is 0 Å². The van der Waals surface area contributed by atoms with E-state index in [1.54, 1.807) is 11.3 Å². The lowest BCUT2D eigenvalue weighted by molar-refractivity contribution is 1.17. The Kier molecular flexibility index (Phi) is 4.02. The summed E-state index contributed by atoms with van der Waals surface area (Å²) in [4.78, 5) is 6.10. The average Bonchev–Trinajstić information content (AvgIpc) is 2.91. The molecular formula is C18H18N2S. The van der Waals surface area contributed by atoms with Crippen LogP contribution in [0.3, 0.4) is 0 Å². The van der Waals surface area contributed by atoms with Crippen molar-refractivity contribution >= 4 is 22.2 Å². The summed E-state index contributed by atoms with van der Waals surface area (Å²) in [6.07, 6.45) is 0.997. The smallest absolute Gasteiger partial charge is 0.187 e. The molecule has 1 N–H and O–H groups in total. The van der Waals surface area contributed by atoms with Crippen molar-refractivity contribution in [3.63, 3.8) is 0 Å². The van der Waals surface area contributed by atoms with Crippen LogP contribution in [0, 0.1) is 6.92 Å². The molecule has 0 aliphatic rings. The zero-order valence-electron chi connectivity index (χ0n) is 12.3. The van der Waals surface area contributed by atoms with Crippen LogP contribution >= 0.6 is 11.3 Å². The molecule has 0 saturated carbocycles. The second kappa shape index (κ2) is 6.10. The Morgan fingerprint density at radius 2 is 1.86 bits per heavy atom. The van der Waals surface area contributed by atoms with E-state index in [1.165, 1.54) is 16.0 Å². The average molecular weight is 294 g/mol. The van der Waals surface area contributed by atoms with Crippen molar-refractivity contribution in [2.24, 2.45) is 0 Å². The van der Waals surface area contributed by atoms with Gasteiger partial charge in [-0.05, 0) is 31.0 Å². The van der Waals surface area contributed by atoms with Crippen LogP contribution in [-0.4, -0.2) is 4.98 Å². The molecule has 2 aromatic carbocycles. The lowest BCUT2D eigenvalue weighted by Gasteiger charge is -2.02. The van der Waals surface area contributed by atoms with Gasteiger partial charge in [0.1, 0.15) is 0 Å². The number of thiazole rings is 1. The number of hydrogen-bond acceptors (Lipinski definition) is 3. The molecule has 1 aromatic heterocycles. The minimum atomic E-state index is 0.955. The number of hydrogen-bond donors (Lipinski definition) is 1. The Bertz CT molecular complexity index is 732. The molecule has 0 saturated heterocycles. The van der Waals surface area contributed by atoms with Gasteiger partial charge in [-0.25, -0.2) is 4.98 Å². The molecule has 3 heteroatoms. The summed E-state index contributed by atoms with van der Waals surface area (Å²) in [7, 11) is 0. The summed E-state index contributed by atoms with van der Waals surface area (Å²) in [5.41, 5.74) is 4.61. The first-order chi connectivity index (χ1) is 10.3. The maximum absolute atomic E-state index is 4.78. The third kappa shape index (κ3) is 3.14. The molecule has 106 valence electrons. The monoisotopic (exact) mass is 294 g/mol. The van der Waals surface area contributed by atoms with Gasteiger partial charge in [0, 0.05) is 16.1 Å². The summed E-state index contributed by atoms with van der Waals surface area (Å²) in [6, 6.07) is 18.7. The molecule has 3 rings (SSSR count). The second-order valence-corrected chi connectivity index (χ2v) is 6.09. The van der Waals surface area contributed by atoms with Gasteiger partial charge in [-0.2, -0.15) is 0 Å². The molecule has 0 spiro atoms. The van der Waals surface area contributed by atoms with Crippen molar-refractivity contribution in [3.05, 3.63) is 65.0 Å². The maximum atomic E-state index is 4.78. The molecule has 0 fully saturated rings. The topological polar surface area (TPSA) is 24.9 Å². The quantitative estimate of drug-likeness (QED) is 0.694. The van der Waals surface area contributed by atoms with Gasteiger partial charge in [-0.3, -0.25) is 0 Å². The number of aryl methyl sites for hydroxylation is 2. The molecule has 0 bridgehead atoms. The van der Waals surface area contributed by atoms with Gasteiger partial charge in [0.2, 0.25) is 0 Å². The zero-order chi connectivity index (χ0) is 14.7. The van der Waals surface area contributed by atoms with Gasteiger partial charge in [0.15, 0.2) is 5.13 Å². The Morgan fingerprint density at radius 1 is 1.05 bits per heavy atom. The largest absolute Gasteiger partial charge is 0.332 e. The number of rotatable bonds is 4. The Morgan fingerprint density at radius 3 is 2.57 bits per heavy atom. The molecule has 0 radical (unpaired) electrons. The van der Waals surface area contributed by atoms with E-state index in [9.17, 15) is 0 Å². The van der Waals surface area contributed by atoms with Crippen molar-refractivity contribution in [2.45, 2.75) is 20.3 Å². The summed E-state index contributed by atoms with van der Waals surface area (Å²) in [6.45, 7) is 4.27. The number of nitrogens with zero attached hydrogens (tertiary/aromatic N) is 1. The molecule has 0 amide bonds. The number of benzene rings is 2. The number of anilines is 2. The molecule has 21 heavy (non-hydrogen) atoms. The molecule has 0 aliphatic carbocycles. The highest BCUT2D eigenvalue weighted by Crippen LogP contribution is 2.33. The van der Waals surface area contributed by atoms with Crippen molar-refractivity contribution in [3.8, 4) is 11.3 Å². The standard InChI is InChI=1S/C18H18N2S/c1-3-16-17(14-9-5-4-6-10-14)20-18(21-16)19-15-11-7-8-13(2)12-15/h4-12H,3H2,1-2H3,(H,19,20). The van der Waals surface area contributed by atoms with Gasteiger partial charge in [0.25, 0.3) is 0 Å². The number of aromatic nitrogens is 1. The van der Waals surface area contributed by atoms with Crippen LogP contribution in [0.2, 0.25) is 0 Å². The van der Waals surface area contributed by atoms with Crippen LogP contribution < -0.4 is 5.32 Å². The summed E-state index contributed by atoms with van der Waals surface area (Å²) in [5.74, 6) is 0. The van der Waals surface area contributed by atoms with E-state index in [2.05, 4.69) is 67.7 Å². The highest BCUT2D eigenvalue weighted by Gasteiger charge is 2.11. The third-order valence-corrected chi connectivity index (χ3v) is 4.45. The normalized spacial score (nSPS) is 10.6. The van der Waals surface area contributed by atoms with Crippen molar-refractivity contribution in [1.82, 2.24) is 4.98 Å². The lowest BCUT2D eigenvalue weighted by atomic mass is 10.1. The van der Waals surface area contributed by atoms with Crippen LogP contribution in [-0.2, 0) is 6.42 Å². The minimum absolute atomic E-state index is 0.955. The van der Waals surface area contributed by atoms with Crippen molar-refractivity contribution in [1.29, 1.82) is 0 Å². The molecule has 0 atom stereocenters. The van der Waals surface area contributed by atoms with E-state index in [-0.39, 0.29) is 0 Å². The van der Waals surface area contributed by atoms with Crippen LogP contribution in [0.25, 0.3) is 11.3 Å². The lowest BCUT2D eigenvalue weighted by Crippen LogP contribution is -1.90. The first kappa shape index (κ1) is 13.8. The fourth-order valence-corrected chi connectivity index (χ4v) is 3.26. The molecule has 0 unspecified atom stereocenters. The SMILES string of the molecule is CCc1sc(Nc2cccc(C)c2)nc1-c1ccccc1. The van der Waals surface area contributed by atoms with Crippen molar-refractivity contribution < 1.29 is 0 Å². The molecule has 1 heterocycles. The van der Waals surface area contributed by atoms with Crippen LogP contribution in [0.4, 0.5) is 10.8 Å². The van der Waals surface area contributed by atoms with Gasteiger partial charge in [-0.15, -0.1) is 11.3 Å². The van der Waals surface area contributed by atoms with Crippen molar-refractivity contribution in [2.75, 3.05) is 5.32 Å². The molecule has 0 aliphatic heterocycles. The Labute approximate surface area is 129 Å². The fraction of sp³-hybridized carbons (Fsp3) is 0.167. The highest BCUT2D eigenvalue weighted by molar-refractivity contribution is 7.16. The first-order valence-corrected chi connectivity index (χ1v) is 7.96. The maximum Gasteiger partial charge on any atom is 0.187 e. The Balaban J connectivity index is 1.93. The summed E-state index contributed by atoms with van der Waals surface area (Å²) in [5, 5.41) is 4.37. The van der Waals surface area contributed by atoms with E-state index in [0.717, 1.165) is 22.9 Å². The van der Waals surface area contributed by atoms with Crippen LogP contribution in [0.15, 0.2) is 54.6 Å². The first-order valence-electron chi connectivity index (χ1n) is 7.15. The van der Waals surface area contributed by atoms with Gasteiger partial charge in [-0.1, -0.05) is 49.4 Å². The van der Waals surface area contributed by atoms with E-state index in [1.807, 2.05) is 6.07 Å². The van der Waals surface area contributed by atoms with Gasteiger partial charge in [0.05, 0.1) is 5.69 Å². The predicted molar refractivity (Wildman–Crippen MR) is 91.4 cm³/mol. The van der Waals surface area contributed by atoms with E-state index in [4.69, 9.17) is 4.98 Å². The highest BCUT2D eigenvalue weighted by atomic mass is 32.1. The van der Waals surface area contributed by atoms with Gasteiger partial charge >= 0.3 is 0 Å². The van der Waals surface area contributed by atoms with Gasteiger partial charge < -0.3 is 5.32 Å². The predicted octanol–water partition coefficient (Wildman–Crippen LogP) is 5.42. The summed E-state index contributed by atoms with van der Waals surface area (Å²) < 4.78 is 0. The third-order valence-electron chi connectivity index (χ3n) is 3.34. The molecular weight excluding hydrogens is 276 g/mol.